The number of imidazole rings is 1. The maximum atomic E-state index is 12.0. The Morgan fingerprint density at radius 3 is 2.71 bits per heavy atom. The first-order chi connectivity index (χ1) is 8.20. The third-order valence-electron chi connectivity index (χ3n) is 2.60. The first-order valence-electron chi connectivity index (χ1n) is 5.49. The molecule has 2 aromatic rings. The molecule has 0 N–H and O–H groups in total. The Balaban J connectivity index is 2.14. The molecule has 1 aromatic carbocycles. The lowest BCUT2D eigenvalue weighted by molar-refractivity contribution is 0.0971. The van der Waals surface area contributed by atoms with E-state index in [1.165, 1.54) is 0 Å². The number of hydrogen-bond donors (Lipinski definition) is 0. The number of rotatable bonds is 4. The monoisotopic (exact) mass is 248 g/mol. The summed E-state index contributed by atoms with van der Waals surface area (Å²) in [5.74, 6) is 0.988. The first kappa shape index (κ1) is 11.9. The van der Waals surface area contributed by atoms with Crippen LogP contribution in [0.2, 0.25) is 5.02 Å². The van der Waals surface area contributed by atoms with E-state index in [4.69, 9.17) is 11.6 Å². The van der Waals surface area contributed by atoms with Gasteiger partial charge in [-0.3, -0.25) is 4.79 Å². The normalized spacial score (nSPS) is 10.5. The van der Waals surface area contributed by atoms with Crippen LogP contribution < -0.4 is 0 Å². The molecule has 3 nitrogen and oxygen atoms in total. The van der Waals surface area contributed by atoms with E-state index >= 15 is 0 Å². The van der Waals surface area contributed by atoms with E-state index in [9.17, 15) is 4.79 Å². The smallest absolute Gasteiger partial charge is 0.182 e. The number of Topliss-reactive ketones (excluding diaryl/α,β-unsaturated/α-hetero) is 1. The van der Waals surface area contributed by atoms with Crippen molar-refractivity contribution in [3.63, 3.8) is 0 Å². The van der Waals surface area contributed by atoms with Gasteiger partial charge in [0.25, 0.3) is 0 Å². The van der Waals surface area contributed by atoms with Crippen LogP contribution in [-0.4, -0.2) is 15.3 Å². The average molecular weight is 249 g/mol. The molecule has 0 aliphatic heterocycles. The van der Waals surface area contributed by atoms with Crippen molar-refractivity contribution in [2.24, 2.45) is 0 Å². The molecule has 0 fully saturated rings. The van der Waals surface area contributed by atoms with E-state index in [1.54, 1.807) is 30.5 Å². The Morgan fingerprint density at radius 1 is 1.35 bits per heavy atom. The zero-order chi connectivity index (χ0) is 12.3. The summed E-state index contributed by atoms with van der Waals surface area (Å²) in [6.45, 7) is 2.34. The highest BCUT2D eigenvalue weighted by atomic mass is 35.5. The summed E-state index contributed by atoms with van der Waals surface area (Å²) in [4.78, 5) is 16.2. The number of carbonyl (C=O) groups excluding carboxylic acids is 1. The fourth-order valence-electron chi connectivity index (χ4n) is 1.68. The second kappa shape index (κ2) is 5.15. The Bertz CT molecular complexity index is 516. The lowest BCUT2D eigenvalue weighted by atomic mass is 10.1. The summed E-state index contributed by atoms with van der Waals surface area (Å²) in [6, 6.07) is 6.94. The average Bonchev–Trinajstić information content (AvgIpc) is 2.77. The third-order valence-corrected chi connectivity index (χ3v) is 2.85. The number of benzene rings is 1. The molecule has 0 bridgehead atoms. The van der Waals surface area contributed by atoms with Gasteiger partial charge in [0.1, 0.15) is 5.82 Å². The van der Waals surface area contributed by atoms with Crippen LogP contribution in [-0.2, 0) is 13.0 Å². The SMILES string of the molecule is CCc1nccn1CC(=O)c1ccc(Cl)cc1. The summed E-state index contributed by atoms with van der Waals surface area (Å²) in [5.41, 5.74) is 0.671. The van der Waals surface area contributed by atoms with Crippen LogP contribution in [0, 0.1) is 0 Å². The van der Waals surface area contributed by atoms with E-state index in [1.807, 2.05) is 17.7 Å². The lowest BCUT2D eigenvalue weighted by Crippen LogP contribution is -2.12. The molecule has 0 saturated carbocycles. The number of halogens is 1. The van der Waals surface area contributed by atoms with Gasteiger partial charge in [-0.2, -0.15) is 0 Å². The molecule has 0 atom stereocenters. The molecule has 0 spiro atoms. The molecule has 0 saturated heterocycles. The number of carbonyl (C=O) groups is 1. The Kier molecular flexibility index (Phi) is 3.59. The molecule has 17 heavy (non-hydrogen) atoms. The Labute approximate surface area is 105 Å². The van der Waals surface area contributed by atoms with E-state index in [2.05, 4.69) is 4.98 Å². The minimum absolute atomic E-state index is 0.0642. The van der Waals surface area contributed by atoms with Crippen LogP contribution in [0.4, 0.5) is 0 Å². The van der Waals surface area contributed by atoms with Gasteiger partial charge in [-0.05, 0) is 24.3 Å². The molecule has 0 amide bonds. The molecule has 0 aliphatic carbocycles. The second-order valence-corrected chi connectivity index (χ2v) is 4.19. The highest BCUT2D eigenvalue weighted by molar-refractivity contribution is 6.30. The van der Waals surface area contributed by atoms with Crippen LogP contribution >= 0.6 is 11.6 Å². The first-order valence-corrected chi connectivity index (χ1v) is 5.87. The number of ketones is 1. The maximum absolute atomic E-state index is 12.0. The summed E-state index contributed by atoms with van der Waals surface area (Å²) < 4.78 is 1.87. The fraction of sp³-hybridized carbons (Fsp3) is 0.231. The van der Waals surface area contributed by atoms with Crippen molar-refractivity contribution in [1.29, 1.82) is 0 Å². The summed E-state index contributed by atoms with van der Waals surface area (Å²) in [6.07, 6.45) is 4.36. The highest BCUT2D eigenvalue weighted by Gasteiger charge is 2.08. The van der Waals surface area contributed by atoms with Crippen LogP contribution in [0.1, 0.15) is 23.1 Å². The van der Waals surface area contributed by atoms with Crippen LogP contribution in [0.25, 0.3) is 0 Å². The highest BCUT2D eigenvalue weighted by Crippen LogP contribution is 2.11. The van der Waals surface area contributed by atoms with Crippen LogP contribution in [0.3, 0.4) is 0 Å². The minimum atomic E-state index is 0.0642. The standard InChI is InChI=1S/C13H13ClN2O/c1-2-13-15-7-8-16(13)9-12(17)10-3-5-11(14)6-4-10/h3-8H,2,9H2,1H3. The van der Waals surface area contributed by atoms with Crippen molar-refractivity contribution in [2.45, 2.75) is 19.9 Å². The van der Waals surface area contributed by atoms with Crippen molar-refractivity contribution in [3.8, 4) is 0 Å². The van der Waals surface area contributed by atoms with Crippen molar-refractivity contribution in [1.82, 2.24) is 9.55 Å². The molecular weight excluding hydrogens is 236 g/mol. The number of hydrogen-bond acceptors (Lipinski definition) is 2. The van der Waals surface area contributed by atoms with E-state index in [0.717, 1.165) is 12.2 Å². The van der Waals surface area contributed by atoms with E-state index < -0.39 is 0 Å². The van der Waals surface area contributed by atoms with Crippen LogP contribution in [0.5, 0.6) is 0 Å². The summed E-state index contributed by atoms with van der Waals surface area (Å²) in [7, 11) is 0. The maximum Gasteiger partial charge on any atom is 0.182 e. The molecule has 0 aliphatic rings. The number of nitrogens with zero attached hydrogens (tertiary/aromatic N) is 2. The zero-order valence-corrected chi connectivity index (χ0v) is 10.3. The topological polar surface area (TPSA) is 34.9 Å². The molecule has 1 heterocycles. The predicted molar refractivity (Wildman–Crippen MR) is 67.4 cm³/mol. The summed E-state index contributed by atoms with van der Waals surface area (Å²) >= 11 is 5.78. The molecule has 2 rings (SSSR count). The van der Waals surface area contributed by atoms with Gasteiger partial charge in [0.2, 0.25) is 0 Å². The van der Waals surface area contributed by atoms with E-state index in [-0.39, 0.29) is 5.78 Å². The third kappa shape index (κ3) is 2.74. The minimum Gasteiger partial charge on any atom is -0.327 e. The Morgan fingerprint density at radius 2 is 2.06 bits per heavy atom. The van der Waals surface area contributed by atoms with Gasteiger partial charge < -0.3 is 4.57 Å². The van der Waals surface area contributed by atoms with Gasteiger partial charge in [-0.15, -0.1) is 0 Å². The molecule has 1 aromatic heterocycles. The molecular formula is C13H13ClN2O. The Hall–Kier alpha value is -1.61. The molecule has 4 heteroatoms. The van der Waals surface area contributed by atoms with Crippen molar-refractivity contribution < 1.29 is 4.79 Å². The number of aromatic nitrogens is 2. The van der Waals surface area contributed by atoms with Gasteiger partial charge in [0, 0.05) is 29.4 Å². The van der Waals surface area contributed by atoms with Crippen LogP contribution in [0.15, 0.2) is 36.7 Å². The lowest BCUT2D eigenvalue weighted by Gasteiger charge is -2.05. The quantitative estimate of drug-likeness (QED) is 0.780. The molecule has 0 radical (unpaired) electrons. The zero-order valence-electron chi connectivity index (χ0n) is 9.56. The van der Waals surface area contributed by atoms with Gasteiger partial charge in [0.05, 0.1) is 6.54 Å². The second-order valence-electron chi connectivity index (χ2n) is 3.75. The molecule has 88 valence electrons. The van der Waals surface area contributed by atoms with Gasteiger partial charge in [-0.1, -0.05) is 18.5 Å². The summed E-state index contributed by atoms with van der Waals surface area (Å²) in [5, 5.41) is 0.637. The van der Waals surface area contributed by atoms with Crippen molar-refractivity contribution in [2.75, 3.05) is 0 Å². The van der Waals surface area contributed by atoms with Gasteiger partial charge in [0.15, 0.2) is 5.78 Å². The van der Waals surface area contributed by atoms with Crippen molar-refractivity contribution in [3.05, 3.63) is 53.1 Å². The van der Waals surface area contributed by atoms with Gasteiger partial charge in [-0.25, -0.2) is 4.98 Å². The fourth-order valence-corrected chi connectivity index (χ4v) is 1.81. The van der Waals surface area contributed by atoms with Gasteiger partial charge >= 0.3 is 0 Å². The molecule has 0 unspecified atom stereocenters. The number of aryl methyl sites for hydroxylation is 1. The van der Waals surface area contributed by atoms with E-state index in [0.29, 0.717) is 17.1 Å². The largest absolute Gasteiger partial charge is 0.327 e. The predicted octanol–water partition coefficient (Wildman–Crippen LogP) is 2.98. The van der Waals surface area contributed by atoms with Crippen molar-refractivity contribution >= 4 is 17.4 Å².